The molecule has 1 aliphatic rings. The third-order valence-corrected chi connectivity index (χ3v) is 5.33. The lowest BCUT2D eigenvalue weighted by Gasteiger charge is -2.28. The number of aliphatic hydroxyl groups excluding tert-OH is 1. The van der Waals surface area contributed by atoms with Crippen molar-refractivity contribution in [1.29, 1.82) is 0 Å². The molecule has 19 heavy (non-hydrogen) atoms. The first-order valence-corrected chi connectivity index (χ1v) is 8.33. The van der Waals surface area contributed by atoms with E-state index in [0.29, 0.717) is 12.8 Å². The van der Waals surface area contributed by atoms with Gasteiger partial charge in [0.05, 0.1) is 15.5 Å². The number of benzene rings is 1. The summed E-state index contributed by atoms with van der Waals surface area (Å²) >= 11 is 2.96. The summed E-state index contributed by atoms with van der Waals surface area (Å²) in [6.45, 7) is 0. The molecule has 2 rings (SSSR count). The van der Waals surface area contributed by atoms with Crippen LogP contribution in [0.15, 0.2) is 27.6 Å². The van der Waals surface area contributed by atoms with Gasteiger partial charge >= 0.3 is 0 Å². The van der Waals surface area contributed by atoms with E-state index in [1.807, 2.05) is 0 Å². The van der Waals surface area contributed by atoms with Crippen molar-refractivity contribution in [1.82, 2.24) is 4.72 Å². The van der Waals surface area contributed by atoms with Gasteiger partial charge in [-0.3, -0.25) is 0 Å². The van der Waals surface area contributed by atoms with E-state index in [1.165, 1.54) is 12.1 Å². The summed E-state index contributed by atoms with van der Waals surface area (Å²) < 4.78 is 40.0. The van der Waals surface area contributed by atoms with Gasteiger partial charge in [0, 0.05) is 6.04 Å². The summed E-state index contributed by atoms with van der Waals surface area (Å²) in [5, 5.41) is 9.78. The van der Waals surface area contributed by atoms with Crippen LogP contribution in [0.3, 0.4) is 0 Å². The summed E-state index contributed by atoms with van der Waals surface area (Å²) in [7, 11) is -3.74. The van der Waals surface area contributed by atoms with Crippen molar-refractivity contribution in [3.8, 4) is 0 Å². The van der Waals surface area contributed by atoms with Crippen molar-refractivity contribution in [3.63, 3.8) is 0 Å². The largest absolute Gasteiger partial charge is 0.391 e. The fraction of sp³-hybridized carbons (Fsp3) is 0.500. The molecule has 1 aliphatic carbocycles. The predicted molar refractivity (Wildman–Crippen MR) is 72.7 cm³/mol. The van der Waals surface area contributed by atoms with Crippen LogP contribution < -0.4 is 4.72 Å². The van der Waals surface area contributed by atoms with E-state index in [9.17, 15) is 17.9 Å². The zero-order chi connectivity index (χ0) is 14.0. The summed E-state index contributed by atoms with van der Waals surface area (Å²) in [4.78, 5) is -0.0152. The minimum absolute atomic E-state index is 0.0152. The molecular formula is C12H15BrFNO3S. The Morgan fingerprint density at radius 3 is 2.63 bits per heavy atom. The molecule has 0 aromatic heterocycles. The van der Waals surface area contributed by atoms with E-state index in [0.717, 1.165) is 18.9 Å². The molecule has 0 aliphatic heterocycles. The third kappa shape index (κ3) is 3.53. The standard InChI is InChI=1S/C12H15BrFNO3S/c13-9-7-8(5-6-10(9)14)19(17,18)15-11-3-1-2-4-12(11)16/h5-7,11-12,15-16H,1-4H2/t11-,12-/m0/s1. The molecule has 0 spiro atoms. The fourth-order valence-electron chi connectivity index (χ4n) is 2.16. The zero-order valence-corrected chi connectivity index (χ0v) is 12.5. The zero-order valence-electron chi connectivity index (χ0n) is 10.1. The number of hydrogen-bond donors (Lipinski definition) is 2. The first-order chi connectivity index (χ1) is 8.90. The van der Waals surface area contributed by atoms with Crippen molar-refractivity contribution in [3.05, 3.63) is 28.5 Å². The lowest BCUT2D eigenvalue weighted by atomic mass is 9.93. The Balaban J connectivity index is 2.19. The van der Waals surface area contributed by atoms with Gasteiger partial charge < -0.3 is 5.11 Å². The molecule has 0 unspecified atom stereocenters. The summed E-state index contributed by atoms with van der Waals surface area (Å²) in [6, 6.07) is 3.04. The van der Waals surface area contributed by atoms with Crippen molar-refractivity contribution < 1.29 is 17.9 Å². The molecule has 1 saturated carbocycles. The van der Waals surface area contributed by atoms with Crippen LogP contribution in [0, 0.1) is 5.82 Å². The van der Waals surface area contributed by atoms with Gasteiger partial charge in [0.25, 0.3) is 0 Å². The maximum Gasteiger partial charge on any atom is 0.240 e. The van der Waals surface area contributed by atoms with E-state index >= 15 is 0 Å². The smallest absolute Gasteiger partial charge is 0.240 e. The predicted octanol–water partition coefficient (Wildman–Crippen LogP) is 2.17. The topological polar surface area (TPSA) is 66.4 Å². The molecular weight excluding hydrogens is 337 g/mol. The highest BCUT2D eigenvalue weighted by Crippen LogP contribution is 2.23. The highest BCUT2D eigenvalue weighted by Gasteiger charge is 2.28. The number of sulfonamides is 1. The Bertz CT molecular complexity index is 564. The summed E-state index contributed by atoms with van der Waals surface area (Å²) in [5.74, 6) is -0.517. The van der Waals surface area contributed by atoms with E-state index in [4.69, 9.17) is 0 Å². The molecule has 7 heteroatoms. The van der Waals surface area contributed by atoms with Gasteiger partial charge in [-0.25, -0.2) is 17.5 Å². The van der Waals surface area contributed by atoms with Crippen molar-refractivity contribution >= 4 is 26.0 Å². The number of aliphatic hydroxyl groups is 1. The monoisotopic (exact) mass is 351 g/mol. The molecule has 0 saturated heterocycles. The molecule has 1 aromatic rings. The van der Waals surface area contributed by atoms with Crippen LogP contribution in [0.25, 0.3) is 0 Å². The number of halogens is 2. The first-order valence-electron chi connectivity index (χ1n) is 6.05. The van der Waals surface area contributed by atoms with Crippen LogP contribution in [0.1, 0.15) is 25.7 Å². The van der Waals surface area contributed by atoms with Gasteiger partial charge in [-0.2, -0.15) is 0 Å². The molecule has 0 bridgehead atoms. The fourth-order valence-corrected chi connectivity index (χ4v) is 4.02. The molecule has 0 radical (unpaired) electrons. The Hall–Kier alpha value is -0.500. The van der Waals surface area contributed by atoms with E-state index < -0.39 is 28.0 Å². The lowest BCUT2D eigenvalue weighted by Crippen LogP contribution is -2.44. The number of rotatable bonds is 3. The maximum absolute atomic E-state index is 13.1. The lowest BCUT2D eigenvalue weighted by molar-refractivity contribution is 0.101. The minimum atomic E-state index is -3.74. The van der Waals surface area contributed by atoms with Gasteiger partial charge in [0.15, 0.2) is 0 Å². The van der Waals surface area contributed by atoms with Gasteiger partial charge in [-0.1, -0.05) is 12.8 Å². The second kappa shape index (κ2) is 5.87. The Morgan fingerprint density at radius 1 is 1.32 bits per heavy atom. The average molecular weight is 352 g/mol. The van der Waals surface area contributed by atoms with Crippen LogP contribution in [0.5, 0.6) is 0 Å². The van der Waals surface area contributed by atoms with Crippen molar-refractivity contribution in [2.24, 2.45) is 0 Å². The first kappa shape index (κ1) is 14.9. The van der Waals surface area contributed by atoms with Gasteiger partial charge in [-0.05, 0) is 47.0 Å². The van der Waals surface area contributed by atoms with Crippen LogP contribution in [-0.4, -0.2) is 25.7 Å². The molecule has 106 valence electrons. The van der Waals surface area contributed by atoms with E-state index in [1.54, 1.807) is 0 Å². The van der Waals surface area contributed by atoms with Crippen LogP contribution >= 0.6 is 15.9 Å². The van der Waals surface area contributed by atoms with Crippen LogP contribution in [0.4, 0.5) is 4.39 Å². The average Bonchev–Trinajstić information content (AvgIpc) is 2.35. The molecule has 2 atom stereocenters. The second-order valence-electron chi connectivity index (χ2n) is 4.66. The number of hydrogen-bond acceptors (Lipinski definition) is 3. The SMILES string of the molecule is O=S(=O)(N[C@H]1CCCC[C@@H]1O)c1ccc(F)c(Br)c1. The summed E-state index contributed by atoms with van der Waals surface area (Å²) in [5.41, 5.74) is 0. The quantitative estimate of drug-likeness (QED) is 0.876. The maximum atomic E-state index is 13.1. The van der Waals surface area contributed by atoms with Crippen molar-refractivity contribution in [2.45, 2.75) is 42.7 Å². The Labute approximate surface area is 120 Å². The molecule has 1 aromatic carbocycles. The number of nitrogens with one attached hydrogen (secondary N) is 1. The molecule has 1 fully saturated rings. The van der Waals surface area contributed by atoms with E-state index in [2.05, 4.69) is 20.7 Å². The normalized spacial score (nSPS) is 24.4. The van der Waals surface area contributed by atoms with Crippen LogP contribution in [0.2, 0.25) is 0 Å². The molecule has 4 nitrogen and oxygen atoms in total. The van der Waals surface area contributed by atoms with Gasteiger partial charge in [-0.15, -0.1) is 0 Å². The highest BCUT2D eigenvalue weighted by molar-refractivity contribution is 9.10. The third-order valence-electron chi connectivity index (χ3n) is 3.24. The Morgan fingerprint density at radius 2 is 2.00 bits per heavy atom. The second-order valence-corrected chi connectivity index (χ2v) is 7.22. The van der Waals surface area contributed by atoms with Gasteiger partial charge in [0.2, 0.25) is 10.0 Å². The summed E-state index contributed by atoms with van der Waals surface area (Å²) in [6.07, 6.45) is 2.34. The van der Waals surface area contributed by atoms with Crippen molar-refractivity contribution in [2.75, 3.05) is 0 Å². The molecule has 2 N–H and O–H groups in total. The Kier molecular flexibility index (Phi) is 4.60. The molecule has 0 amide bonds. The van der Waals surface area contributed by atoms with E-state index in [-0.39, 0.29) is 9.37 Å². The molecule has 0 heterocycles. The minimum Gasteiger partial charge on any atom is -0.391 e. The van der Waals surface area contributed by atoms with Gasteiger partial charge in [0.1, 0.15) is 5.82 Å². The highest BCUT2D eigenvalue weighted by atomic mass is 79.9. The van der Waals surface area contributed by atoms with Crippen LogP contribution in [-0.2, 0) is 10.0 Å².